The molecule has 0 bridgehead atoms. The fourth-order valence-electron chi connectivity index (χ4n) is 2.61. The van der Waals surface area contributed by atoms with Gasteiger partial charge in [-0.2, -0.15) is 0 Å². The zero-order valence-electron chi connectivity index (χ0n) is 13.2. The molecule has 114 valence electrons. The maximum Gasteiger partial charge on any atom is 0.230 e. The summed E-state index contributed by atoms with van der Waals surface area (Å²) in [5.41, 5.74) is 1.00. The van der Waals surface area contributed by atoms with E-state index in [1.54, 1.807) is 7.05 Å². The number of hydrogen-bond acceptors (Lipinski definition) is 2. The Bertz CT molecular complexity index is 537. The van der Waals surface area contributed by atoms with Gasteiger partial charge < -0.3 is 10.6 Å². The molecule has 0 radical (unpaired) electrons. The quantitative estimate of drug-likeness (QED) is 0.898. The van der Waals surface area contributed by atoms with E-state index in [1.807, 2.05) is 45.0 Å². The highest BCUT2D eigenvalue weighted by molar-refractivity contribution is 5.94. The Hall–Kier alpha value is -1.84. The molecule has 0 unspecified atom stereocenters. The van der Waals surface area contributed by atoms with Crippen LogP contribution >= 0.6 is 0 Å². The second-order valence-electron chi connectivity index (χ2n) is 6.80. The first-order valence-corrected chi connectivity index (χ1v) is 7.44. The SMILES string of the molecule is CNC(=O)C1(c2ccc(NC(=O)C(C)(C)C)cc2)CCC1. The monoisotopic (exact) mass is 288 g/mol. The number of carbonyl (C=O) groups is 2. The van der Waals surface area contributed by atoms with Crippen LogP contribution in [0.15, 0.2) is 24.3 Å². The zero-order chi connectivity index (χ0) is 15.7. The summed E-state index contributed by atoms with van der Waals surface area (Å²) in [4.78, 5) is 24.1. The maximum atomic E-state index is 12.1. The van der Waals surface area contributed by atoms with Crippen LogP contribution in [0, 0.1) is 5.41 Å². The van der Waals surface area contributed by atoms with Gasteiger partial charge in [0.2, 0.25) is 11.8 Å². The van der Waals surface area contributed by atoms with Crippen molar-refractivity contribution in [2.75, 3.05) is 12.4 Å². The van der Waals surface area contributed by atoms with E-state index in [-0.39, 0.29) is 17.2 Å². The molecule has 0 aliphatic heterocycles. The van der Waals surface area contributed by atoms with Gasteiger partial charge >= 0.3 is 0 Å². The lowest BCUT2D eigenvalue weighted by Crippen LogP contribution is -2.48. The summed E-state index contributed by atoms with van der Waals surface area (Å²) in [6.45, 7) is 5.64. The second kappa shape index (κ2) is 5.51. The van der Waals surface area contributed by atoms with E-state index in [0.717, 1.165) is 30.5 Å². The Morgan fingerprint density at radius 3 is 2.05 bits per heavy atom. The molecule has 4 nitrogen and oxygen atoms in total. The lowest BCUT2D eigenvalue weighted by molar-refractivity contribution is -0.129. The van der Waals surface area contributed by atoms with Crippen molar-refractivity contribution in [2.45, 2.75) is 45.4 Å². The molecule has 1 fully saturated rings. The van der Waals surface area contributed by atoms with Crippen molar-refractivity contribution in [1.82, 2.24) is 5.32 Å². The molecule has 4 heteroatoms. The van der Waals surface area contributed by atoms with Crippen molar-refractivity contribution >= 4 is 17.5 Å². The molecule has 1 aliphatic rings. The molecule has 0 spiro atoms. The molecule has 1 saturated carbocycles. The summed E-state index contributed by atoms with van der Waals surface area (Å²) in [7, 11) is 1.68. The van der Waals surface area contributed by atoms with E-state index in [0.29, 0.717) is 0 Å². The predicted octanol–water partition coefficient (Wildman–Crippen LogP) is 2.84. The average molecular weight is 288 g/mol. The van der Waals surface area contributed by atoms with Crippen LogP contribution in [0.1, 0.15) is 45.6 Å². The Morgan fingerprint density at radius 2 is 1.67 bits per heavy atom. The van der Waals surface area contributed by atoms with E-state index in [1.165, 1.54) is 0 Å². The van der Waals surface area contributed by atoms with Crippen molar-refractivity contribution < 1.29 is 9.59 Å². The fraction of sp³-hybridized carbons (Fsp3) is 0.529. The van der Waals surface area contributed by atoms with Gasteiger partial charge in [0.15, 0.2) is 0 Å². The van der Waals surface area contributed by atoms with Crippen LogP contribution in [0.25, 0.3) is 0 Å². The Labute approximate surface area is 126 Å². The number of rotatable bonds is 3. The van der Waals surface area contributed by atoms with Gasteiger partial charge in [0.1, 0.15) is 0 Å². The van der Waals surface area contributed by atoms with Crippen molar-refractivity contribution in [3.05, 3.63) is 29.8 Å². The molecule has 0 heterocycles. The number of benzene rings is 1. The van der Waals surface area contributed by atoms with Crippen LogP contribution in [-0.2, 0) is 15.0 Å². The van der Waals surface area contributed by atoms with E-state index in [9.17, 15) is 9.59 Å². The number of hydrogen-bond donors (Lipinski definition) is 2. The minimum absolute atomic E-state index is 0.0140. The summed E-state index contributed by atoms with van der Waals surface area (Å²) >= 11 is 0. The Balaban J connectivity index is 2.16. The minimum atomic E-state index is -0.421. The van der Waals surface area contributed by atoms with Gasteiger partial charge in [0.25, 0.3) is 0 Å². The smallest absolute Gasteiger partial charge is 0.230 e. The topological polar surface area (TPSA) is 58.2 Å². The molecule has 2 rings (SSSR count). The molecule has 1 aliphatic carbocycles. The molecular formula is C17H24N2O2. The van der Waals surface area contributed by atoms with Gasteiger partial charge in [-0.15, -0.1) is 0 Å². The molecule has 0 atom stereocenters. The second-order valence-corrected chi connectivity index (χ2v) is 6.80. The Kier molecular flexibility index (Phi) is 4.08. The highest BCUT2D eigenvalue weighted by Crippen LogP contribution is 2.44. The number of anilines is 1. The largest absolute Gasteiger partial charge is 0.358 e. The molecule has 2 N–H and O–H groups in total. The molecular weight excluding hydrogens is 264 g/mol. The zero-order valence-corrected chi connectivity index (χ0v) is 13.2. The van der Waals surface area contributed by atoms with Crippen molar-refractivity contribution in [3.63, 3.8) is 0 Å². The van der Waals surface area contributed by atoms with E-state index in [4.69, 9.17) is 0 Å². The van der Waals surface area contributed by atoms with Crippen molar-refractivity contribution in [1.29, 1.82) is 0 Å². The van der Waals surface area contributed by atoms with Gasteiger partial charge in [-0.05, 0) is 30.5 Å². The Morgan fingerprint density at radius 1 is 1.10 bits per heavy atom. The lowest BCUT2D eigenvalue weighted by atomic mass is 9.64. The molecule has 1 aromatic rings. The highest BCUT2D eigenvalue weighted by atomic mass is 16.2. The molecule has 0 aromatic heterocycles. The summed E-state index contributed by atoms with van der Waals surface area (Å²) < 4.78 is 0. The normalized spacial score (nSPS) is 16.8. The number of nitrogens with one attached hydrogen (secondary N) is 2. The fourth-order valence-corrected chi connectivity index (χ4v) is 2.61. The first kappa shape index (κ1) is 15.5. The standard InChI is InChI=1S/C17H24N2O2/c1-16(2,3)14(20)19-13-8-6-12(7-9-13)17(10-5-11-17)15(21)18-4/h6-9H,5,10-11H2,1-4H3,(H,18,21)(H,19,20). The van der Waals surface area contributed by atoms with Crippen LogP contribution < -0.4 is 10.6 Å². The third-order valence-corrected chi connectivity index (χ3v) is 4.25. The summed E-state index contributed by atoms with van der Waals surface area (Å²) in [5.74, 6) is 0.0696. The van der Waals surface area contributed by atoms with Gasteiger partial charge in [0, 0.05) is 18.2 Å². The molecule has 2 amide bonds. The molecule has 21 heavy (non-hydrogen) atoms. The van der Waals surface area contributed by atoms with Crippen molar-refractivity contribution in [3.8, 4) is 0 Å². The first-order valence-electron chi connectivity index (χ1n) is 7.44. The highest BCUT2D eigenvalue weighted by Gasteiger charge is 2.44. The third kappa shape index (κ3) is 2.94. The average Bonchev–Trinajstić information content (AvgIpc) is 2.38. The number of likely N-dealkylation sites (N-methyl/N-ethyl adjacent to an activating group) is 1. The molecule has 0 saturated heterocycles. The first-order chi connectivity index (χ1) is 9.79. The number of amides is 2. The summed E-state index contributed by atoms with van der Waals surface area (Å²) in [5, 5.41) is 5.66. The van der Waals surface area contributed by atoms with E-state index < -0.39 is 5.41 Å². The van der Waals surface area contributed by atoms with Crippen LogP contribution in [0.5, 0.6) is 0 Å². The van der Waals surface area contributed by atoms with Gasteiger partial charge in [-0.1, -0.05) is 39.3 Å². The minimum Gasteiger partial charge on any atom is -0.358 e. The van der Waals surface area contributed by atoms with Crippen LogP contribution in [-0.4, -0.2) is 18.9 Å². The third-order valence-electron chi connectivity index (χ3n) is 4.25. The van der Waals surface area contributed by atoms with Crippen LogP contribution in [0.4, 0.5) is 5.69 Å². The van der Waals surface area contributed by atoms with Gasteiger partial charge in [-0.3, -0.25) is 9.59 Å². The number of carbonyl (C=O) groups excluding carboxylic acids is 2. The van der Waals surface area contributed by atoms with Crippen LogP contribution in [0.2, 0.25) is 0 Å². The van der Waals surface area contributed by atoms with Gasteiger partial charge in [-0.25, -0.2) is 0 Å². The summed E-state index contributed by atoms with van der Waals surface area (Å²) in [6.07, 6.45) is 2.86. The van der Waals surface area contributed by atoms with E-state index >= 15 is 0 Å². The molecule has 1 aromatic carbocycles. The summed E-state index contributed by atoms with van der Waals surface area (Å²) in [6, 6.07) is 7.66. The van der Waals surface area contributed by atoms with Gasteiger partial charge in [0.05, 0.1) is 5.41 Å². The van der Waals surface area contributed by atoms with Crippen LogP contribution in [0.3, 0.4) is 0 Å². The van der Waals surface area contributed by atoms with E-state index in [2.05, 4.69) is 10.6 Å². The van der Waals surface area contributed by atoms with Crippen molar-refractivity contribution in [2.24, 2.45) is 5.41 Å². The lowest BCUT2D eigenvalue weighted by Gasteiger charge is -2.40. The predicted molar refractivity (Wildman–Crippen MR) is 84.1 cm³/mol. The maximum absolute atomic E-state index is 12.1.